The van der Waals surface area contributed by atoms with Gasteiger partial charge in [0, 0.05) is 33.8 Å². The molecule has 0 spiro atoms. The van der Waals surface area contributed by atoms with Gasteiger partial charge in [0.2, 0.25) is 5.91 Å². The Hall–Kier alpha value is -3.98. The molecule has 2 heterocycles. The maximum atomic E-state index is 12.1. The quantitative estimate of drug-likeness (QED) is 0.370. The molecule has 2 amide bonds. The number of carbonyl (C=O) groups is 2. The van der Waals surface area contributed by atoms with Crippen LogP contribution in [0.3, 0.4) is 0 Å². The van der Waals surface area contributed by atoms with Crippen molar-refractivity contribution in [3.8, 4) is 11.3 Å². The Morgan fingerprint density at radius 2 is 1.90 bits per heavy atom. The minimum atomic E-state index is -0.394. The number of aromatic amines is 1. The van der Waals surface area contributed by atoms with E-state index in [1.54, 1.807) is 41.9 Å². The van der Waals surface area contributed by atoms with Crippen molar-refractivity contribution in [1.82, 2.24) is 15.3 Å². The molecule has 0 unspecified atom stereocenters. The number of H-pyrrole nitrogens is 1. The Kier molecular flexibility index (Phi) is 5.27. The predicted molar refractivity (Wildman–Crippen MR) is 117 cm³/mol. The summed E-state index contributed by atoms with van der Waals surface area (Å²) in [5.74, 6) is -0.763. The Morgan fingerprint density at radius 1 is 1.10 bits per heavy atom. The zero-order chi connectivity index (χ0) is 21.1. The van der Waals surface area contributed by atoms with Crippen LogP contribution in [0, 0.1) is 0 Å². The number of nitrogens with one attached hydrogen (secondary N) is 3. The lowest BCUT2D eigenvalue weighted by Crippen LogP contribution is -2.32. The number of amides is 2. The number of hydrogen-bond donors (Lipinski definition) is 4. The Balaban J connectivity index is 1.40. The van der Waals surface area contributed by atoms with Crippen molar-refractivity contribution < 1.29 is 9.59 Å². The fraction of sp³-hybridized carbons (Fsp3) is 0.0476. The third-order valence-corrected chi connectivity index (χ3v) is 5.16. The van der Waals surface area contributed by atoms with Gasteiger partial charge >= 0.3 is 0 Å². The summed E-state index contributed by atoms with van der Waals surface area (Å²) in [6.07, 6.45) is 1.60. The normalized spacial score (nSPS) is 10.7. The molecule has 0 saturated heterocycles. The lowest BCUT2D eigenvalue weighted by atomic mass is 10.1. The fourth-order valence-electron chi connectivity index (χ4n) is 2.87. The van der Waals surface area contributed by atoms with E-state index in [4.69, 9.17) is 5.73 Å². The van der Waals surface area contributed by atoms with Crippen LogP contribution in [0.4, 0.5) is 10.8 Å². The molecule has 0 saturated carbocycles. The molecule has 9 heteroatoms. The third kappa shape index (κ3) is 4.20. The number of nitrogen functional groups attached to an aromatic ring is 1. The molecule has 0 bridgehead atoms. The van der Waals surface area contributed by atoms with Crippen molar-refractivity contribution >= 4 is 44.7 Å². The predicted octanol–water partition coefficient (Wildman–Crippen LogP) is 2.60. The van der Waals surface area contributed by atoms with Gasteiger partial charge in [-0.1, -0.05) is 12.1 Å². The number of nitrogens with zero attached hydrogens (tertiary/aromatic N) is 1. The Labute approximate surface area is 174 Å². The first-order chi connectivity index (χ1) is 14.5. The third-order valence-electron chi connectivity index (χ3n) is 4.40. The van der Waals surface area contributed by atoms with Gasteiger partial charge in [0.05, 0.1) is 12.2 Å². The molecule has 0 fully saturated rings. The van der Waals surface area contributed by atoms with Gasteiger partial charge in [0.15, 0.2) is 5.13 Å². The average molecular weight is 419 g/mol. The van der Waals surface area contributed by atoms with Gasteiger partial charge in [-0.2, -0.15) is 0 Å². The van der Waals surface area contributed by atoms with Crippen LogP contribution in [0.5, 0.6) is 0 Å². The van der Waals surface area contributed by atoms with Gasteiger partial charge in [0.1, 0.15) is 0 Å². The minimum Gasteiger partial charge on any atom is -0.399 e. The summed E-state index contributed by atoms with van der Waals surface area (Å²) < 4.78 is 0. The number of anilines is 2. The van der Waals surface area contributed by atoms with Crippen molar-refractivity contribution in [1.29, 1.82) is 0 Å². The maximum Gasteiger partial charge on any atom is 0.255 e. The molecule has 0 radical (unpaired) electrons. The molecule has 0 aliphatic heterocycles. The lowest BCUT2D eigenvalue weighted by Gasteiger charge is -2.05. The summed E-state index contributed by atoms with van der Waals surface area (Å²) >= 11 is 1.26. The van der Waals surface area contributed by atoms with E-state index >= 15 is 0 Å². The van der Waals surface area contributed by atoms with E-state index in [9.17, 15) is 14.4 Å². The highest BCUT2D eigenvalue weighted by Gasteiger charge is 2.11. The van der Waals surface area contributed by atoms with E-state index in [1.807, 2.05) is 18.2 Å². The van der Waals surface area contributed by atoms with Gasteiger partial charge < -0.3 is 21.4 Å². The molecule has 2 aromatic heterocycles. The van der Waals surface area contributed by atoms with Gasteiger partial charge in [-0.25, -0.2) is 4.98 Å². The van der Waals surface area contributed by atoms with Crippen LogP contribution in [0.15, 0.2) is 64.9 Å². The van der Waals surface area contributed by atoms with Crippen LogP contribution in [0.1, 0.15) is 10.4 Å². The number of benzene rings is 2. The number of fused-ring (bicyclic) bond motifs is 1. The Morgan fingerprint density at radius 3 is 2.70 bits per heavy atom. The van der Waals surface area contributed by atoms with Crippen LogP contribution in [0.2, 0.25) is 0 Å². The minimum absolute atomic E-state index is 0.171. The SMILES string of the molecule is Nc1ccc(C(=O)NCC(=O)Nc2nc(-c3ccc4cc[nH]c(=O)c4c3)cs2)cc1. The largest absolute Gasteiger partial charge is 0.399 e. The summed E-state index contributed by atoms with van der Waals surface area (Å²) in [6.45, 7) is -0.191. The van der Waals surface area contributed by atoms with Gasteiger partial charge in [0.25, 0.3) is 11.5 Å². The van der Waals surface area contributed by atoms with E-state index in [0.29, 0.717) is 27.5 Å². The maximum absolute atomic E-state index is 12.1. The molecule has 0 atom stereocenters. The molecule has 30 heavy (non-hydrogen) atoms. The summed E-state index contributed by atoms with van der Waals surface area (Å²) in [5, 5.41) is 8.81. The van der Waals surface area contributed by atoms with Crippen molar-refractivity contribution in [2.45, 2.75) is 0 Å². The van der Waals surface area contributed by atoms with Crippen LogP contribution in [-0.2, 0) is 4.79 Å². The first kappa shape index (κ1) is 19.3. The topological polar surface area (TPSA) is 130 Å². The molecule has 150 valence electrons. The van der Waals surface area contributed by atoms with E-state index in [2.05, 4.69) is 20.6 Å². The zero-order valence-electron chi connectivity index (χ0n) is 15.6. The second kappa shape index (κ2) is 8.18. The number of aromatic nitrogens is 2. The standard InChI is InChI=1S/C21H17N5O3S/c22-15-5-3-13(4-6-15)19(28)24-10-18(27)26-21-25-17(11-30-21)14-2-1-12-7-8-23-20(29)16(12)9-14/h1-9,11H,10,22H2,(H,23,29)(H,24,28)(H,25,26,27). The summed E-state index contributed by atoms with van der Waals surface area (Å²) in [7, 11) is 0. The van der Waals surface area contributed by atoms with Gasteiger partial charge in [-0.15, -0.1) is 11.3 Å². The number of thiazole rings is 1. The van der Waals surface area contributed by atoms with E-state index in [-0.39, 0.29) is 18.0 Å². The smallest absolute Gasteiger partial charge is 0.255 e. The van der Waals surface area contributed by atoms with Crippen molar-refractivity contribution in [3.05, 3.63) is 76.0 Å². The number of hydrogen-bond acceptors (Lipinski definition) is 6. The summed E-state index contributed by atoms with van der Waals surface area (Å²) in [6, 6.07) is 13.7. The number of carbonyl (C=O) groups excluding carboxylic acids is 2. The number of rotatable bonds is 5. The molecule has 8 nitrogen and oxygen atoms in total. The number of nitrogens with two attached hydrogens (primary N) is 1. The molecule has 0 aliphatic rings. The Bertz CT molecular complexity index is 1290. The molecular weight excluding hydrogens is 402 g/mol. The highest BCUT2D eigenvalue weighted by molar-refractivity contribution is 7.14. The van der Waals surface area contributed by atoms with Crippen LogP contribution in [0.25, 0.3) is 22.0 Å². The second-order valence-electron chi connectivity index (χ2n) is 6.50. The molecular formula is C21H17N5O3S. The van der Waals surface area contributed by atoms with E-state index < -0.39 is 5.91 Å². The van der Waals surface area contributed by atoms with Gasteiger partial charge in [-0.3, -0.25) is 14.4 Å². The zero-order valence-corrected chi connectivity index (χ0v) is 16.5. The summed E-state index contributed by atoms with van der Waals surface area (Å²) in [4.78, 5) is 43.2. The highest BCUT2D eigenvalue weighted by Crippen LogP contribution is 2.26. The second-order valence-corrected chi connectivity index (χ2v) is 7.36. The first-order valence-corrected chi connectivity index (χ1v) is 9.88. The summed E-state index contributed by atoms with van der Waals surface area (Å²) in [5.41, 5.74) is 7.81. The van der Waals surface area contributed by atoms with Gasteiger partial charge in [-0.05, 0) is 41.8 Å². The van der Waals surface area contributed by atoms with Crippen molar-refractivity contribution in [2.24, 2.45) is 0 Å². The monoisotopic (exact) mass is 419 g/mol. The van der Waals surface area contributed by atoms with Crippen LogP contribution < -0.4 is 21.9 Å². The average Bonchev–Trinajstić information content (AvgIpc) is 3.21. The van der Waals surface area contributed by atoms with E-state index in [1.165, 1.54) is 11.3 Å². The van der Waals surface area contributed by atoms with Crippen LogP contribution in [-0.4, -0.2) is 28.3 Å². The molecule has 5 N–H and O–H groups in total. The van der Waals surface area contributed by atoms with Crippen molar-refractivity contribution in [2.75, 3.05) is 17.6 Å². The fourth-order valence-corrected chi connectivity index (χ4v) is 3.60. The molecule has 2 aromatic carbocycles. The molecule has 0 aliphatic carbocycles. The highest BCUT2D eigenvalue weighted by atomic mass is 32.1. The van der Waals surface area contributed by atoms with Crippen molar-refractivity contribution in [3.63, 3.8) is 0 Å². The lowest BCUT2D eigenvalue weighted by molar-refractivity contribution is -0.115. The molecule has 4 rings (SSSR count). The van der Waals surface area contributed by atoms with E-state index in [0.717, 1.165) is 10.9 Å². The first-order valence-electron chi connectivity index (χ1n) is 9.00. The molecule has 4 aromatic rings. The van der Waals surface area contributed by atoms with Crippen LogP contribution >= 0.6 is 11.3 Å². The number of pyridine rings is 1.